The van der Waals surface area contributed by atoms with Crippen LogP contribution in [0.25, 0.3) is 11.1 Å². The normalized spacial score (nSPS) is 15.2. The van der Waals surface area contributed by atoms with Gasteiger partial charge in [-0.1, -0.05) is 12.1 Å². The summed E-state index contributed by atoms with van der Waals surface area (Å²) in [5, 5.41) is 2.92. The maximum atomic E-state index is 12.7. The number of nitrogens with one attached hydrogen (secondary N) is 1. The maximum absolute atomic E-state index is 12.7. The molecule has 1 atom stereocenters. The number of rotatable bonds is 7. The Morgan fingerprint density at radius 3 is 2.62 bits per heavy atom. The summed E-state index contributed by atoms with van der Waals surface area (Å²) >= 11 is 0. The first-order valence-electron chi connectivity index (χ1n) is 10.3. The van der Waals surface area contributed by atoms with E-state index < -0.39 is 12.8 Å². The molecule has 1 aliphatic heterocycles. The number of benzene rings is 1. The van der Waals surface area contributed by atoms with Gasteiger partial charge < -0.3 is 19.5 Å². The summed E-state index contributed by atoms with van der Waals surface area (Å²) in [5.41, 5.74) is 3.18. The van der Waals surface area contributed by atoms with E-state index in [-0.39, 0.29) is 36.7 Å². The first kappa shape index (κ1) is 23.4. The maximum Gasteiger partial charge on any atom is 0.411 e. The molecule has 0 spiro atoms. The van der Waals surface area contributed by atoms with E-state index in [1.807, 2.05) is 18.2 Å². The van der Waals surface area contributed by atoms with Crippen LogP contribution in [-0.4, -0.2) is 53.4 Å². The predicted octanol–water partition coefficient (Wildman–Crippen LogP) is 3.36. The highest BCUT2D eigenvalue weighted by Crippen LogP contribution is 2.34. The van der Waals surface area contributed by atoms with Crippen LogP contribution in [0.5, 0.6) is 11.8 Å². The molecule has 8 nitrogen and oxygen atoms in total. The van der Waals surface area contributed by atoms with Crippen molar-refractivity contribution in [1.82, 2.24) is 20.3 Å². The molecule has 1 unspecified atom stereocenters. The van der Waals surface area contributed by atoms with Gasteiger partial charge in [0.25, 0.3) is 5.91 Å². The van der Waals surface area contributed by atoms with Crippen molar-refractivity contribution in [3.63, 3.8) is 0 Å². The Morgan fingerprint density at radius 1 is 1.15 bits per heavy atom. The monoisotopic (exact) mass is 474 g/mol. The summed E-state index contributed by atoms with van der Waals surface area (Å²) in [5.74, 6) is 0.362. The molecule has 0 saturated heterocycles. The lowest BCUT2D eigenvalue weighted by Crippen LogP contribution is -2.42. The number of fused-ring (bicyclic) bond motifs is 1. The number of hydrogen-bond acceptors (Lipinski definition) is 7. The SMILES string of the molecule is COc1ncc(-c2cccc3c2CC(NC(=O)c2ccc(COCC(F)(F)F)nc2)CO3)cn1. The number of carbonyl (C=O) groups excluding carboxylic acids is 1. The number of halogens is 3. The van der Waals surface area contributed by atoms with Crippen molar-refractivity contribution in [2.24, 2.45) is 0 Å². The minimum Gasteiger partial charge on any atom is -0.491 e. The molecule has 1 aromatic carbocycles. The summed E-state index contributed by atoms with van der Waals surface area (Å²) in [4.78, 5) is 25.0. The largest absolute Gasteiger partial charge is 0.491 e. The lowest BCUT2D eigenvalue weighted by Gasteiger charge is -2.28. The van der Waals surface area contributed by atoms with E-state index in [9.17, 15) is 18.0 Å². The van der Waals surface area contributed by atoms with Crippen LogP contribution in [0, 0.1) is 0 Å². The summed E-state index contributed by atoms with van der Waals surface area (Å²) in [6, 6.07) is 8.59. The Morgan fingerprint density at radius 2 is 1.94 bits per heavy atom. The number of aromatic nitrogens is 3. The molecule has 0 saturated carbocycles. The molecule has 11 heteroatoms. The van der Waals surface area contributed by atoms with E-state index in [4.69, 9.17) is 9.47 Å². The van der Waals surface area contributed by atoms with Gasteiger partial charge in [-0.05, 0) is 23.8 Å². The number of alkyl halides is 3. The van der Waals surface area contributed by atoms with Crippen molar-refractivity contribution in [3.05, 3.63) is 65.7 Å². The lowest BCUT2D eigenvalue weighted by molar-refractivity contribution is -0.176. The fourth-order valence-electron chi connectivity index (χ4n) is 3.52. The van der Waals surface area contributed by atoms with Crippen LogP contribution in [0.2, 0.25) is 0 Å². The first-order valence-corrected chi connectivity index (χ1v) is 10.3. The zero-order chi connectivity index (χ0) is 24.1. The molecular formula is C23H21F3N4O4. The van der Waals surface area contributed by atoms with Crippen LogP contribution in [0.4, 0.5) is 13.2 Å². The van der Waals surface area contributed by atoms with E-state index >= 15 is 0 Å². The second-order valence-electron chi connectivity index (χ2n) is 7.57. The van der Waals surface area contributed by atoms with Gasteiger partial charge in [0.15, 0.2) is 0 Å². The number of methoxy groups -OCH3 is 1. The molecular weight excluding hydrogens is 453 g/mol. The number of ether oxygens (including phenoxy) is 3. The Labute approximate surface area is 193 Å². The zero-order valence-electron chi connectivity index (χ0n) is 18.1. The van der Waals surface area contributed by atoms with Crippen molar-refractivity contribution >= 4 is 5.91 Å². The van der Waals surface area contributed by atoms with Crippen LogP contribution < -0.4 is 14.8 Å². The van der Waals surface area contributed by atoms with E-state index in [0.29, 0.717) is 12.1 Å². The highest BCUT2D eigenvalue weighted by Gasteiger charge is 2.27. The zero-order valence-corrected chi connectivity index (χ0v) is 18.1. The number of carbonyl (C=O) groups is 1. The minimum absolute atomic E-state index is 0.265. The number of nitrogens with zero attached hydrogens (tertiary/aromatic N) is 3. The van der Waals surface area contributed by atoms with Crippen LogP contribution in [-0.2, 0) is 17.8 Å². The molecule has 1 N–H and O–H groups in total. The molecule has 2 aromatic heterocycles. The Balaban J connectivity index is 1.40. The topological polar surface area (TPSA) is 95.5 Å². The van der Waals surface area contributed by atoms with Gasteiger partial charge in [0, 0.05) is 36.1 Å². The van der Waals surface area contributed by atoms with E-state index in [2.05, 4.69) is 25.0 Å². The quantitative estimate of drug-likeness (QED) is 0.561. The van der Waals surface area contributed by atoms with Crippen molar-refractivity contribution in [1.29, 1.82) is 0 Å². The average molecular weight is 474 g/mol. The molecule has 4 rings (SSSR count). The molecule has 0 radical (unpaired) electrons. The third-order valence-corrected chi connectivity index (χ3v) is 5.08. The number of hydrogen-bond donors (Lipinski definition) is 1. The summed E-state index contributed by atoms with van der Waals surface area (Å²) in [6.07, 6.45) is 0.755. The van der Waals surface area contributed by atoms with Gasteiger partial charge >= 0.3 is 12.2 Å². The fourth-order valence-corrected chi connectivity index (χ4v) is 3.52. The van der Waals surface area contributed by atoms with Gasteiger partial charge in [-0.2, -0.15) is 13.2 Å². The highest BCUT2D eigenvalue weighted by atomic mass is 19.4. The summed E-state index contributed by atoms with van der Waals surface area (Å²) in [7, 11) is 1.49. The van der Waals surface area contributed by atoms with E-state index in [0.717, 1.165) is 22.4 Å². The Hall–Kier alpha value is -3.73. The van der Waals surface area contributed by atoms with Gasteiger partial charge in [-0.3, -0.25) is 9.78 Å². The fraction of sp³-hybridized carbons (Fsp3) is 0.304. The van der Waals surface area contributed by atoms with Crippen molar-refractivity contribution in [3.8, 4) is 22.9 Å². The molecule has 178 valence electrons. The predicted molar refractivity (Wildman–Crippen MR) is 114 cm³/mol. The van der Waals surface area contributed by atoms with Gasteiger partial charge in [-0.15, -0.1) is 0 Å². The number of amides is 1. The van der Waals surface area contributed by atoms with Crippen LogP contribution in [0.1, 0.15) is 21.6 Å². The minimum atomic E-state index is -4.40. The second-order valence-corrected chi connectivity index (χ2v) is 7.57. The molecule has 3 heterocycles. The van der Waals surface area contributed by atoms with E-state index in [1.165, 1.54) is 25.4 Å². The molecule has 0 aliphatic carbocycles. The average Bonchev–Trinajstić information content (AvgIpc) is 2.83. The highest BCUT2D eigenvalue weighted by molar-refractivity contribution is 5.94. The van der Waals surface area contributed by atoms with Crippen molar-refractivity contribution in [2.45, 2.75) is 25.2 Å². The van der Waals surface area contributed by atoms with Crippen molar-refractivity contribution < 1.29 is 32.2 Å². The van der Waals surface area contributed by atoms with E-state index in [1.54, 1.807) is 12.4 Å². The summed E-state index contributed by atoms with van der Waals surface area (Å²) < 4.78 is 52.0. The van der Waals surface area contributed by atoms with Crippen LogP contribution in [0.15, 0.2) is 48.9 Å². The molecule has 0 fully saturated rings. The smallest absolute Gasteiger partial charge is 0.411 e. The molecule has 1 aliphatic rings. The molecule has 1 amide bonds. The molecule has 0 bridgehead atoms. The first-order chi connectivity index (χ1) is 16.3. The molecule has 34 heavy (non-hydrogen) atoms. The van der Waals surface area contributed by atoms with Crippen molar-refractivity contribution in [2.75, 3.05) is 20.3 Å². The Kier molecular flexibility index (Phi) is 6.92. The number of pyridine rings is 1. The second kappa shape index (κ2) is 10.0. The van der Waals surface area contributed by atoms with Crippen LogP contribution >= 0.6 is 0 Å². The summed E-state index contributed by atoms with van der Waals surface area (Å²) in [6.45, 7) is -1.37. The van der Waals surface area contributed by atoms with Gasteiger partial charge in [0.2, 0.25) is 0 Å². The third-order valence-electron chi connectivity index (χ3n) is 5.08. The standard InChI is InChI=1S/C23H21F3N4O4/c1-32-22-28-9-15(10-29-22)18-3-2-4-20-19(18)7-17(12-34-20)30-21(31)14-5-6-16(27-8-14)11-33-13-23(24,25)26/h2-6,8-10,17H,7,11-13H2,1H3,(H,30,31). The Bertz CT molecular complexity index is 1140. The van der Waals surface area contributed by atoms with Gasteiger partial charge in [-0.25, -0.2) is 9.97 Å². The van der Waals surface area contributed by atoms with Gasteiger partial charge in [0.1, 0.15) is 19.0 Å². The van der Waals surface area contributed by atoms with Crippen LogP contribution in [0.3, 0.4) is 0 Å². The third kappa shape index (κ3) is 5.79. The van der Waals surface area contributed by atoms with Gasteiger partial charge in [0.05, 0.1) is 31.0 Å². The lowest BCUT2D eigenvalue weighted by atomic mass is 9.94. The molecule has 3 aromatic rings.